The highest BCUT2D eigenvalue weighted by atomic mass is 19.4. The van der Waals surface area contributed by atoms with Crippen LogP contribution < -0.4 is 0 Å². The van der Waals surface area contributed by atoms with Crippen LogP contribution in [0.1, 0.15) is 37.1 Å². The summed E-state index contributed by atoms with van der Waals surface area (Å²) in [6.07, 6.45) is -2.07. The van der Waals surface area contributed by atoms with Gasteiger partial charge in [0.1, 0.15) is 5.75 Å². The van der Waals surface area contributed by atoms with E-state index in [2.05, 4.69) is 4.98 Å². The first-order chi connectivity index (χ1) is 9.35. The molecule has 1 fully saturated rings. The van der Waals surface area contributed by atoms with Crippen LogP contribution in [0.15, 0.2) is 12.1 Å². The number of aromatic nitrogens is 1. The minimum absolute atomic E-state index is 0.0385. The molecule has 1 N–H and O–H groups in total. The van der Waals surface area contributed by atoms with Crippen molar-refractivity contribution < 1.29 is 18.3 Å². The highest BCUT2D eigenvalue weighted by molar-refractivity contribution is 5.27. The van der Waals surface area contributed by atoms with Gasteiger partial charge in [0.15, 0.2) is 0 Å². The third kappa shape index (κ3) is 4.10. The van der Waals surface area contributed by atoms with E-state index in [0.29, 0.717) is 5.69 Å². The summed E-state index contributed by atoms with van der Waals surface area (Å²) in [5.74, 6) is 0.0481. The van der Waals surface area contributed by atoms with E-state index in [-0.39, 0.29) is 24.9 Å². The van der Waals surface area contributed by atoms with E-state index in [1.807, 2.05) is 0 Å². The van der Waals surface area contributed by atoms with Gasteiger partial charge in [-0.25, -0.2) is 0 Å². The van der Waals surface area contributed by atoms with E-state index in [1.165, 1.54) is 0 Å². The summed E-state index contributed by atoms with van der Waals surface area (Å²) in [7, 11) is 0. The maximum absolute atomic E-state index is 12.4. The molecule has 1 saturated carbocycles. The first-order valence-electron chi connectivity index (χ1n) is 6.81. The molecule has 0 unspecified atom stereocenters. The summed E-state index contributed by atoms with van der Waals surface area (Å²) in [5.41, 5.74) is 1.21. The average molecular weight is 288 g/mol. The Kier molecular flexibility index (Phi) is 4.52. The molecule has 0 radical (unpaired) electrons. The van der Waals surface area contributed by atoms with Gasteiger partial charge in [0.2, 0.25) is 0 Å². The number of hydrogen-bond donors (Lipinski definition) is 1. The van der Waals surface area contributed by atoms with E-state index in [0.717, 1.165) is 25.0 Å². The molecule has 0 aromatic carbocycles. The van der Waals surface area contributed by atoms with Gasteiger partial charge in [0.25, 0.3) is 0 Å². The van der Waals surface area contributed by atoms with Gasteiger partial charge < -0.3 is 5.11 Å². The van der Waals surface area contributed by atoms with Crippen LogP contribution in [0.5, 0.6) is 5.75 Å². The SMILES string of the molecule is Cc1ccc(O)c(CN(CCC(F)(F)F)C2CCC2)n1. The molecule has 20 heavy (non-hydrogen) atoms. The zero-order valence-electron chi connectivity index (χ0n) is 11.5. The molecule has 0 bridgehead atoms. The molecule has 0 atom stereocenters. The summed E-state index contributed by atoms with van der Waals surface area (Å²) in [6.45, 7) is 2.03. The fourth-order valence-electron chi connectivity index (χ4n) is 2.32. The number of pyridine rings is 1. The van der Waals surface area contributed by atoms with Gasteiger partial charge in [-0.2, -0.15) is 13.2 Å². The van der Waals surface area contributed by atoms with E-state index in [1.54, 1.807) is 24.0 Å². The zero-order chi connectivity index (χ0) is 14.8. The van der Waals surface area contributed by atoms with Crippen molar-refractivity contribution in [3.63, 3.8) is 0 Å². The van der Waals surface area contributed by atoms with Crippen LogP contribution in [-0.2, 0) is 6.54 Å². The lowest BCUT2D eigenvalue weighted by Crippen LogP contribution is -2.41. The maximum atomic E-state index is 12.4. The summed E-state index contributed by atoms with van der Waals surface area (Å²) < 4.78 is 37.2. The maximum Gasteiger partial charge on any atom is 0.390 e. The highest BCUT2D eigenvalue weighted by Gasteiger charge is 2.32. The molecule has 6 heteroatoms. The predicted octanol–water partition coefficient (Wildman–Crippen LogP) is 3.40. The Balaban J connectivity index is 2.05. The van der Waals surface area contributed by atoms with Crippen molar-refractivity contribution in [3.05, 3.63) is 23.5 Å². The molecule has 3 nitrogen and oxygen atoms in total. The molecule has 0 aliphatic heterocycles. The van der Waals surface area contributed by atoms with Crippen molar-refractivity contribution in [2.24, 2.45) is 0 Å². The van der Waals surface area contributed by atoms with E-state index < -0.39 is 12.6 Å². The number of hydrogen-bond acceptors (Lipinski definition) is 3. The zero-order valence-corrected chi connectivity index (χ0v) is 11.5. The molecular weight excluding hydrogens is 269 g/mol. The number of rotatable bonds is 5. The van der Waals surface area contributed by atoms with E-state index >= 15 is 0 Å². The second-order valence-electron chi connectivity index (χ2n) is 5.34. The Labute approximate surface area is 116 Å². The quantitative estimate of drug-likeness (QED) is 0.902. The molecule has 1 aromatic heterocycles. The Bertz CT molecular complexity index is 458. The first-order valence-corrected chi connectivity index (χ1v) is 6.81. The largest absolute Gasteiger partial charge is 0.506 e. The lowest BCUT2D eigenvalue weighted by atomic mass is 9.91. The molecule has 1 aliphatic rings. The van der Waals surface area contributed by atoms with Crippen molar-refractivity contribution >= 4 is 0 Å². The topological polar surface area (TPSA) is 36.4 Å². The molecule has 1 heterocycles. The molecule has 2 rings (SSSR count). The third-order valence-corrected chi connectivity index (χ3v) is 3.72. The van der Waals surface area contributed by atoms with Crippen LogP contribution in [0.3, 0.4) is 0 Å². The monoisotopic (exact) mass is 288 g/mol. The van der Waals surface area contributed by atoms with Gasteiger partial charge in [0.05, 0.1) is 12.1 Å². The molecule has 0 saturated heterocycles. The van der Waals surface area contributed by atoms with E-state index in [4.69, 9.17) is 0 Å². The Morgan fingerprint density at radius 2 is 2.05 bits per heavy atom. The van der Waals surface area contributed by atoms with Gasteiger partial charge in [-0.15, -0.1) is 0 Å². The van der Waals surface area contributed by atoms with E-state index in [9.17, 15) is 18.3 Å². The van der Waals surface area contributed by atoms with Gasteiger partial charge in [-0.1, -0.05) is 6.42 Å². The average Bonchev–Trinajstić information content (AvgIpc) is 2.27. The molecule has 1 aliphatic carbocycles. The summed E-state index contributed by atoms with van der Waals surface area (Å²) in [4.78, 5) is 6.01. The number of nitrogens with zero attached hydrogens (tertiary/aromatic N) is 2. The minimum atomic E-state index is -4.15. The Morgan fingerprint density at radius 1 is 1.35 bits per heavy atom. The normalized spacial score (nSPS) is 16.4. The minimum Gasteiger partial charge on any atom is -0.506 e. The summed E-state index contributed by atoms with van der Waals surface area (Å²) in [6, 6.07) is 3.40. The highest BCUT2D eigenvalue weighted by Crippen LogP contribution is 2.29. The van der Waals surface area contributed by atoms with Crippen molar-refractivity contribution in [2.45, 2.75) is 51.4 Å². The van der Waals surface area contributed by atoms with Crippen LogP contribution in [0, 0.1) is 6.92 Å². The standard InChI is InChI=1S/C14H19F3N2O/c1-10-5-6-13(20)12(18-10)9-19(11-3-2-4-11)8-7-14(15,16)17/h5-6,11,20H,2-4,7-9H2,1H3. The Morgan fingerprint density at radius 3 is 2.60 bits per heavy atom. The van der Waals surface area contributed by atoms with Gasteiger partial charge in [-0.3, -0.25) is 9.88 Å². The molecule has 1 aromatic rings. The van der Waals surface area contributed by atoms with Crippen molar-refractivity contribution in [1.82, 2.24) is 9.88 Å². The molecular formula is C14H19F3N2O. The fraction of sp³-hybridized carbons (Fsp3) is 0.643. The summed E-state index contributed by atoms with van der Waals surface area (Å²) in [5, 5.41) is 9.77. The van der Waals surface area contributed by atoms with Crippen LogP contribution in [0.25, 0.3) is 0 Å². The first kappa shape index (κ1) is 15.1. The second-order valence-corrected chi connectivity index (χ2v) is 5.34. The number of halogens is 3. The summed E-state index contributed by atoms with van der Waals surface area (Å²) >= 11 is 0. The van der Waals surface area contributed by atoms with Crippen LogP contribution in [-0.4, -0.2) is 33.8 Å². The van der Waals surface area contributed by atoms with Gasteiger partial charge in [-0.05, 0) is 31.9 Å². The number of alkyl halides is 3. The molecule has 0 spiro atoms. The molecule has 0 amide bonds. The smallest absolute Gasteiger partial charge is 0.390 e. The predicted molar refractivity (Wildman–Crippen MR) is 69.4 cm³/mol. The second kappa shape index (κ2) is 5.99. The third-order valence-electron chi connectivity index (χ3n) is 3.72. The van der Waals surface area contributed by atoms with Gasteiger partial charge >= 0.3 is 6.18 Å². The molecule has 112 valence electrons. The van der Waals surface area contributed by atoms with Crippen molar-refractivity contribution in [3.8, 4) is 5.75 Å². The lowest BCUT2D eigenvalue weighted by Gasteiger charge is -2.37. The van der Waals surface area contributed by atoms with Crippen molar-refractivity contribution in [2.75, 3.05) is 6.54 Å². The van der Waals surface area contributed by atoms with Crippen LogP contribution >= 0.6 is 0 Å². The lowest BCUT2D eigenvalue weighted by molar-refractivity contribution is -0.140. The number of aromatic hydroxyl groups is 1. The van der Waals surface area contributed by atoms with Gasteiger partial charge in [0, 0.05) is 24.8 Å². The van der Waals surface area contributed by atoms with Crippen LogP contribution in [0.4, 0.5) is 13.2 Å². The van der Waals surface area contributed by atoms with Crippen LogP contribution in [0.2, 0.25) is 0 Å². The van der Waals surface area contributed by atoms with Crippen molar-refractivity contribution in [1.29, 1.82) is 0 Å². The number of aryl methyl sites for hydroxylation is 1. The fourth-order valence-corrected chi connectivity index (χ4v) is 2.32. The Hall–Kier alpha value is -1.30.